The van der Waals surface area contributed by atoms with Gasteiger partial charge in [-0.1, -0.05) is 61.4 Å². The van der Waals surface area contributed by atoms with Gasteiger partial charge in [-0.05, 0) is 37.5 Å². The number of imide groups is 1. The van der Waals surface area contributed by atoms with E-state index in [1.807, 2.05) is 63.2 Å². The number of nitrogens with two attached hydrogens (primary N) is 1. The van der Waals surface area contributed by atoms with Crippen molar-refractivity contribution in [1.29, 1.82) is 0 Å². The lowest BCUT2D eigenvalue weighted by molar-refractivity contribution is -0.118. The Bertz CT molecular complexity index is 1350. The summed E-state index contributed by atoms with van der Waals surface area (Å²) >= 11 is 0. The number of hydrogen-bond donors (Lipinski definition) is 4. The number of anilines is 3. The van der Waals surface area contributed by atoms with Crippen molar-refractivity contribution in [2.45, 2.75) is 46.7 Å². The number of benzene rings is 2. The van der Waals surface area contributed by atoms with Crippen molar-refractivity contribution in [3.05, 3.63) is 86.1 Å². The van der Waals surface area contributed by atoms with Gasteiger partial charge < -0.3 is 16.0 Å². The van der Waals surface area contributed by atoms with Crippen LogP contribution in [0.5, 0.6) is 0 Å². The fraction of sp³-hybridized carbons (Fsp3) is 0.308. The Balaban J connectivity index is 1.86. The standard InChI is InChI=1S/C26H32N6O4/c1-4-5-13-32-23(27)22(24(34)30-26(32)36)31(15-19-9-7-6-8-10-19)16-21(33)29-25(35)28-20-12-11-17(2)14-18(20)3/h6-12,14H,4-5,13,15-16,27H2,1-3H3,(H,30,34,36)(H2,28,29,33,35). The lowest BCUT2D eigenvalue weighted by atomic mass is 10.1. The molecule has 3 aromatic rings. The Morgan fingerprint density at radius 3 is 2.47 bits per heavy atom. The number of amides is 3. The summed E-state index contributed by atoms with van der Waals surface area (Å²) in [5.74, 6) is -0.668. The maximum absolute atomic E-state index is 12.9. The van der Waals surface area contributed by atoms with Gasteiger partial charge in [0.1, 0.15) is 11.5 Å². The summed E-state index contributed by atoms with van der Waals surface area (Å²) in [4.78, 5) is 54.3. The molecule has 3 rings (SSSR count). The quantitative estimate of drug-likeness (QED) is 0.362. The summed E-state index contributed by atoms with van der Waals surface area (Å²) in [6.45, 7) is 5.92. The van der Waals surface area contributed by atoms with Crippen LogP contribution in [0.3, 0.4) is 0 Å². The third-order valence-electron chi connectivity index (χ3n) is 5.70. The van der Waals surface area contributed by atoms with E-state index in [4.69, 9.17) is 5.73 Å². The summed E-state index contributed by atoms with van der Waals surface area (Å²) in [5, 5.41) is 4.97. The number of aromatic amines is 1. The van der Waals surface area contributed by atoms with Crippen molar-refractivity contribution in [2.75, 3.05) is 22.5 Å². The highest BCUT2D eigenvalue weighted by molar-refractivity contribution is 6.02. The summed E-state index contributed by atoms with van der Waals surface area (Å²) in [6, 6.07) is 14.0. The Labute approximate surface area is 209 Å². The number of nitrogens with zero attached hydrogens (tertiary/aromatic N) is 2. The molecule has 0 aliphatic rings. The minimum Gasteiger partial charge on any atom is -0.383 e. The third-order valence-corrected chi connectivity index (χ3v) is 5.70. The molecule has 5 N–H and O–H groups in total. The highest BCUT2D eigenvalue weighted by atomic mass is 16.2. The fourth-order valence-corrected chi connectivity index (χ4v) is 3.89. The van der Waals surface area contributed by atoms with Gasteiger partial charge in [0.25, 0.3) is 5.56 Å². The number of carbonyl (C=O) groups is 2. The van der Waals surface area contributed by atoms with Crippen LogP contribution in [-0.4, -0.2) is 28.0 Å². The van der Waals surface area contributed by atoms with Crippen LogP contribution in [0.1, 0.15) is 36.5 Å². The van der Waals surface area contributed by atoms with E-state index in [1.54, 1.807) is 6.07 Å². The SMILES string of the molecule is CCCCn1c(N)c(N(CC(=O)NC(=O)Nc2ccc(C)cc2C)Cc2ccccc2)c(=O)[nH]c1=O. The molecule has 0 saturated heterocycles. The number of aromatic nitrogens is 2. The molecular weight excluding hydrogens is 460 g/mol. The second-order valence-corrected chi connectivity index (χ2v) is 8.66. The van der Waals surface area contributed by atoms with Gasteiger partial charge in [0, 0.05) is 18.8 Å². The van der Waals surface area contributed by atoms with E-state index < -0.39 is 23.2 Å². The number of hydrogen-bond acceptors (Lipinski definition) is 6. The zero-order chi connectivity index (χ0) is 26.2. The van der Waals surface area contributed by atoms with Gasteiger partial charge in [0.05, 0.1) is 6.54 Å². The average Bonchev–Trinajstić information content (AvgIpc) is 2.81. The fourth-order valence-electron chi connectivity index (χ4n) is 3.89. The zero-order valence-corrected chi connectivity index (χ0v) is 20.8. The number of nitrogen functional groups attached to an aromatic ring is 1. The third kappa shape index (κ3) is 6.62. The van der Waals surface area contributed by atoms with Crippen LogP contribution < -0.4 is 32.5 Å². The topological polar surface area (TPSA) is 142 Å². The largest absolute Gasteiger partial charge is 0.383 e. The molecule has 3 amide bonds. The number of aryl methyl sites for hydroxylation is 2. The van der Waals surface area contributed by atoms with E-state index in [2.05, 4.69) is 15.6 Å². The van der Waals surface area contributed by atoms with Crippen LogP contribution >= 0.6 is 0 Å². The summed E-state index contributed by atoms with van der Waals surface area (Å²) in [6.07, 6.45) is 1.51. The van der Waals surface area contributed by atoms with Crippen LogP contribution in [0.4, 0.5) is 22.0 Å². The predicted octanol–water partition coefficient (Wildman–Crippen LogP) is 2.89. The van der Waals surface area contributed by atoms with Gasteiger partial charge in [-0.3, -0.25) is 24.5 Å². The molecule has 0 fully saturated rings. The van der Waals surface area contributed by atoms with Crippen LogP contribution in [-0.2, 0) is 17.9 Å². The first kappa shape index (κ1) is 26.3. The molecule has 1 aromatic heterocycles. The molecule has 190 valence electrons. The molecule has 36 heavy (non-hydrogen) atoms. The van der Waals surface area contributed by atoms with Crippen molar-refractivity contribution < 1.29 is 9.59 Å². The van der Waals surface area contributed by atoms with Crippen molar-refractivity contribution in [3.8, 4) is 0 Å². The van der Waals surface area contributed by atoms with E-state index in [0.29, 0.717) is 18.7 Å². The van der Waals surface area contributed by atoms with E-state index in [9.17, 15) is 19.2 Å². The number of unbranched alkanes of at least 4 members (excludes halogenated alkanes) is 1. The Morgan fingerprint density at radius 2 is 1.81 bits per heavy atom. The number of rotatable bonds is 9. The number of H-pyrrole nitrogens is 1. The summed E-state index contributed by atoms with van der Waals surface area (Å²) in [5.41, 5.74) is 8.28. The zero-order valence-electron chi connectivity index (χ0n) is 20.8. The van der Waals surface area contributed by atoms with E-state index >= 15 is 0 Å². The molecule has 0 radical (unpaired) electrons. The molecule has 0 aliphatic carbocycles. The van der Waals surface area contributed by atoms with Gasteiger partial charge in [-0.15, -0.1) is 0 Å². The van der Waals surface area contributed by atoms with Gasteiger partial charge in [-0.25, -0.2) is 9.59 Å². The van der Waals surface area contributed by atoms with E-state index in [0.717, 1.165) is 23.1 Å². The number of nitrogens with one attached hydrogen (secondary N) is 3. The second kappa shape index (κ2) is 11.9. The minimum absolute atomic E-state index is 0.000469. The highest BCUT2D eigenvalue weighted by Crippen LogP contribution is 2.20. The first-order valence-electron chi connectivity index (χ1n) is 11.8. The Morgan fingerprint density at radius 1 is 1.08 bits per heavy atom. The monoisotopic (exact) mass is 492 g/mol. The maximum atomic E-state index is 12.9. The average molecular weight is 493 g/mol. The lowest BCUT2D eigenvalue weighted by Crippen LogP contribution is -2.45. The molecular formula is C26H32N6O4. The number of urea groups is 1. The van der Waals surface area contributed by atoms with Crippen LogP contribution in [0.15, 0.2) is 58.1 Å². The Hall–Kier alpha value is -4.34. The molecule has 0 spiro atoms. The first-order valence-corrected chi connectivity index (χ1v) is 11.8. The molecule has 1 heterocycles. The van der Waals surface area contributed by atoms with Gasteiger partial charge in [-0.2, -0.15) is 0 Å². The molecule has 2 aromatic carbocycles. The van der Waals surface area contributed by atoms with Crippen LogP contribution in [0.25, 0.3) is 0 Å². The smallest absolute Gasteiger partial charge is 0.330 e. The van der Waals surface area contributed by atoms with Crippen LogP contribution in [0.2, 0.25) is 0 Å². The molecule has 10 heteroatoms. The Kier molecular flexibility index (Phi) is 8.66. The molecule has 0 bridgehead atoms. The second-order valence-electron chi connectivity index (χ2n) is 8.66. The molecule has 0 atom stereocenters. The molecule has 0 unspecified atom stereocenters. The maximum Gasteiger partial charge on any atom is 0.330 e. The van der Waals surface area contributed by atoms with Gasteiger partial charge in [0.15, 0.2) is 0 Å². The normalized spacial score (nSPS) is 10.6. The highest BCUT2D eigenvalue weighted by Gasteiger charge is 2.22. The van der Waals surface area contributed by atoms with Crippen LogP contribution in [0, 0.1) is 13.8 Å². The molecule has 0 aliphatic heterocycles. The molecule has 0 saturated carbocycles. The van der Waals surface area contributed by atoms with Crippen molar-refractivity contribution >= 4 is 29.1 Å². The van der Waals surface area contributed by atoms with Gasteiger partial charge in [0.2, 0.25) is 5.91 Å². The molecule has 10 nitrogen and oxygen atoms in total. The first-order chi connectivity index (χ1) is 17.2. The summed E-state index contributed by atoms with van der Waals surface area (Å²) < 4.78 is 1.29. The van der Waals surface area contributed by atoms with Gasteiger partial charge >= 0.3 is 11.7 Å². The predicted molar refractivity (Wildman–Crippen MR) is 141 cm³/mol. The number of carbonyl (C=O) groups excluding carboxylic acids is 2. The van der Waals surface area contributed by atoms with Crippen molar-refractivity contribution in [2.24, 2.45) is 0 Å². The lowest BCUT2D eigenvalue weighted by Gasteiger charge is -2.26. The summed E-state index contributed by atoms with van der Waals surface area (Å²) in [7, 11) is 0. The van der Waals surface area contributed by atoms with E-state index in [1.165, 1.54) is 9.47 Å². The van der Waals surface area contributed by atoms with Crippen molar-refractivity contribution in [1.82, 2.24) is 14.9 Å². The van der Waals surface area contributed by atoms with E-state index in [-0.39, 0.29) is 24.6 Å². The minimum atomic E-state index is -0.700. The van der Waals surface area contributed by atoms with Crippen molar-refractivity contribution in [3.63, 3.8) is 0 Å².